The third-order valence-corrected chi connectivity index (χ3v) is 2.80. The average molecular weight is 208 g/mol. The first kappa shape index (κ1) is 12.0. The zero-order valence-electron chi connectivity index (χ0n) is 9.79. The van der Waals surface area contributed by atoms with E-state index >= 15 is 0 Å². The molecule has 0 spiro atoms. The lowest BCUT2D eigenvalue weighted by Crippen LogP contribution is -2.44. The van der Waals surface area contributed by atoms with Crippen LogP contribution < -0.4 is 10.5 Å². The van der Waals surface area contributed by atoms with Crippen LogP contribution in [-0.4, -0.2) is 17.1 Å². The van der Waals surface area contributed by atoms with Crippen molar-refractivity contribution in [3.05, 3.63) is 23.9 Å². The molecule has 15 heavy (non-hydrogen) atoms. The number of hydrogen-bond donors (Lipinski definition) is 1. The van der Waals surface area contributed by atoms with Crippen LogP contribution in [0.2, 0.25) is 0 Å². The van der Waals surface area contributed by atoms with E-state index < -0.39 is 0 Å². The van der Waals surface area contributed by atoms with Crippen molar-refractivity contribution in [1.82, 2.24) is 4.98 Å². The van der Waals surface area contributed by atoms with Gasteiger partial charge in [0.2, 0.25) is 5.88 Å². The van der Waals surface area contributed by atoms with E-state index in [0.29, 0.717) is 12.5 Å². The summed E-state index contributed by atoms with van der Waals surface area (Å²) in [6.07, 6.45) is 3.62. The maximum absolute atomic E-state index is 6.12. The fraction of sp³-hybridized carbons (Fsp3) is 0.583. The van der Waals surface area contributed by atoms with Crippen molar-refractivity contribution in [3.63, 3.8) is 0 Å². The molecule has 0 unspecified atom stereocenters. The first-order valence-electron chi connectivity index (χ1n) is 5.44. The minimum Gasteiger partial charge on any atom is -0.476 e. The molecule has 0 saturated carbocycles. The summed E-state index contributed by atoms with van der Waals surface area (Å²) in [6, 6.07) is 3.86. The normalized spacial score (nSPS) is 11.5. The van der Waals surface area contributed by atoms with Crippen LogP contribution in [0.25, 0.3) is 0 Å². The zero-order valence-corrected chi connectivity index (χ0v) is 9.79. The molecule has 0 amide bonds. The number of rotatable bonds is 5. The molecule has 0 aliphatic heterocycles. The van der Waals surface area contributed by atoms with Crippen LogP contribution in [0.15, 0.2) is 18.3 Å². The van der Waals surface area contributed by atoms with E-state index in [1.54, 1.807) is 6.20 Å². The molecule has 0 aromatic carbocycles. The molecule has 0 fully saturated rings. The van der Waals surface area contributed by atoms with E-state index in [1.807, 2.05) is 19.1 Å². The van der Waals surface area contributed by atoms with Crippen molar-refractivity contribution in [3.8, 4) is 5.88 Å². The summed E-state index contributed by atoms with van der Waals surface area (Å²) in [5.74, 6) is 0.650. The van der Waals surface area contributed by atoms with Crippen molar-refractivity contribution in [2.45, 2.75) is 39.2 Å². The molecule has 3 nitrogen and oxygen atoms in total. The fourth-order valence-electron chi connectivity index (χ4n) is 1.21. The molecule has 1 aromatic rings. The number of nitrogens with two attached hydrogens (primary N) is 1. The van der Waals surface area contributed by atoms with Crippen LogP contribution in [0.3, 0.4) is 0 Å². The minimum atomic E-state index is -0.230. The molecule has 0 saturated heterocycles. The Labute approximate surface area is 91.7 Å². The van der Waals surface area contributed by atoms with Crippen molar-refractivity contribution >= 4 is 0 Å². The van der Waals surface area contributed by atoms with Crippen molar-refractivity contribution < 1.29 is 4.74 Å². The van der Waals surface area contributed by atoms with E-state index in [2.05, 4.69) is 18.8 Å². The Bertz CT molecular complexity index is 291. The van der Waals surface area contributed by atoms with Gasteiger partial charge in [-0.1, -0.05) is 19.9 Å². The van der Waals surface area contributed by atoms with Crippen LogP contribution in [-0.2, 0) is 0 Å². The Balaban J connectivity index is 2.53. The Morgan fingerprint density at radius 3 is 2.47 bits per heavy atom. The van der Waals surface area contributed by atoms with Crippen molar-refractivity contribution in [2.24, 2.45) is 5.73 Å². The first-order chi connectivity index (χ1) is 7.09. The van der Waals surface area contributed by atoms with Gasteiger partial charge in [0, 0.05) is 17.8 Å². The second kappa shape index (κ2) is 5.12. The topological polar surface area (TPSA) is 48.1 Å². The lowest BCUT2D eigenvalue weighted by molar-refractivity contribution is 0.201. The van der Waals surface area contributed by atoms with Gasteiger partial charge in [-0.2, -0.15) is 0 Å². The van der Waals surface area contributed by atoms with Gasteiger partial charge in [-0.05, 0) is 25.3 Å². The number of nitrogens with zero attached hydrogens (tertiary/aromatic N) is 1. The quantitative estimate of drug-likeness (QED) is 0.807. The molecule has 1 aromatic heterocycles. The van der Waals surface area contributed by atoms with Crippen LogP contribution in [0.4, 0.5) is 0 Å². The highest BCUT2D eigenvalue weighted by atomic mass is 16.5. The van der Waals surface area contributed by atoms with E-state index in [1.165, 1.54) is 0 Å². The van der Waals surface area contributed by atoms with Crippen LogP contribution in [0.1, 0.15) is 32.3 Å². The molecule has 3 heteroatoms. The molecular formula is C12H20N2O. The summed E-state index contributed by atoms with van der Waals surface area (Å²) in [6.45, 7) is 6.68. The largest absolute Gasteiger partial charge is 0.476 e. The maximum Gasteiger partial charge on any atom is 0.213 e. The Morgan fingerprint density at radius 1 is 1.33 bits per heavy atom. The smallest absolute Gasteiger partial charge is 0.213 e. The van der Waals surface area contributed by atoms with Crippen LogP contribution >= 0.6 is 0 Å². The van der Waals surface area contributed by atoms with Gasteiger partial charge < -0.3 is 10.5 Å². The van der Waals surface area contributed by atoms with Gasteiger partial charge in [0.15, 0.2) is 0 Å². The highest BCUT2D eigenvalue weighted by molar-refractivity contribution is 5.16. The summed E-state index contributed by atoms with van der Waals surface area (Å²) in [4.78, 5) is 4.17. The van der Waals surface area contributed by atoms with Crippen LogP contribution in [0.5, 0.6) is 5.88 Å². The maximum atomic E-state index is 6.12. The summed E-state index contributed by atoms with van der Waals surface area (Å²) in [7, 11) is 0. The van der Waals surface area contributed by atoms with Crippen molar-refractivity contribution in [2.75, 3.05) is 6.61 Å². The van der Waals surface area contributed by atoms with Gasteiger partial charge in [-0.15, -0.1) is 0 Å². The monoisotopic (exact) mass is 208 g/mol. The minimum absolute atomic E-state index is 0.230. The van der Waals surface area contributed by atoms with Crippen LogP contribution in [0, 0.1) is 6.92 Å². The van der Waals surface area contributed by atoms with Gasteiger partial charge in [-0.25, -0.2) is 4.98 Å². The molecule has 84 valence electrons. The zero-order chi connectivity index (χ0) is 11.3. The van der Waals surface area contributed by atoms with Gasteiger partial charge >= 0.3 is 0 Å². The number of hydrogen-bond acceptors (Lipinski definition) is 3. The molecule has 0 aliphatic carbocycles. The Hall–Kier alpha value is -1.09. The molecule has 1 rings (SSSR count). The van der Waals surface area contributed by atoms with Gasteiger partial charge in [0.25, 0.3) is 0 Å². The Kier molecular flexibility index (Phi) is 4.09. The van der Waals surface area contributed by atoms with E-state index in [0.717, 1.165) is 18.4 Å². The summed E-state index contributed by atoms with van der Waals surface area (Å²) in [5.41, 5.74) is 7.02. The SMILES string of the molecule is CCC(N)(CC)COc1ccc(C)cn1. The van der Waals surface area contributed by atoms with Gasteiger partial charge in [-0.3, -0.25) is 0 Å². The standard InChI is InChI=1S/C12H20N2O/c1-4-12(13,5-2)9-15-11-7-6-10(3)8-14-11/h6-8H,4-5,9,13H2,1-3H3. The molecule has 0 bridgehead atoms. The number of ether oxygens (including phenoxy) is 1. The molecule has 0 atom stereocenters. The second-order valence-electron chi connectivity index (χ2n) is 4.03. The summed E-state index contributed by atoms with van der Waals surface area (Å²) in [5, 5.41) is 0. The highest BCUT2D eigenvalue weighted by Crippen LogP contribution is 2.14. The third kappa shape index (κ3) is 3.51. The molecule has 1 heterocycles. The number of aromatic nitrogens is 1. The average Bonchev–Trinajstić information content (AvgIpc) is 2.28. The van der Waals surface area contributed by atoms with Gasteiger partial charge in [0.05, 0.1) is 0 Å². The number of aryl methyl sites for hydroxylation is 1. The van der Waals surface area contributed by atoms with Crippen molar-refractivity contribution in [1.29, 1.82) is 0 Å². The van der Waals surface area contributed by atoms with E-state index in [-0.39, 0.29) is 5.54 Å². The molecule has 0 aliphatic rings. The second-order valence-corrected chi connectivity index (χ2v) is 4.03. The lowest BCUT2D eigenvalue weighted by Gasteiger charge is -2.26. The fourth-order valence-corrected chi connectivity index (χ4v) is 1.21. The summed E-state index contributed by atoms with van der Waals surface area (Å²) >= 11 is 0. The molecular weight excluding hydrogens is 188 g/mol. The predicted molar refractivity (Wildman–Crippen MR) is 62.0 cm³/mol. The molecule has 2 N–H and O–H groups in total. The number of pyridine rings is 1. The lowest BCUT2D eigenvalue weighted by atomic mass is 9.96. The van der Waals surface area contributed by atoms with E-state index in [9.17, 15) is 0 Å². The summed E-state index contributed by atoms with van der Waals surface area (Å²) < 4.78 is 5.57. The first-order valence-corrected chi connectivity index (χ1v) is 5.44. The predicted octanol–water partition coefficient (Wildman–Crippen LogP) is 2.29. The van der Waals surface area contributed by atoms with E-state index in [4.69, 9.17) is 10.5 Å². The highest BCUT2D eigenvalue weighted by Gasteiger charge is 2.21. The van der Waals surface area contributed by atoms with Gasteiger partial charge in [0.1, 0.15) is 6.61 Å². The molecule has 0 radical (unpaired) electrons. The third-order valence-electron chi connectivity index (χ3n) is 2.80. The Morgan fingerprint density at radius 2 is 2.00 bits per heavy atom.